The van der Waals surface area contributed by atoms with Gasteiger partial charge in [-0.15, -0.1) is 0 Å². The number of hydrogen-bond acceptors (Lipinski definition) is 5. The van der Waals surface area contributed by atoms with E-state index >= 15 is 0 Å². The number of furan rings is 2. The van der Waals surface area contributed by atoms with E-state index in [1.807, 2.05) is 24.0 Å². The molecule has 9 heteroatoms. The van der Waals surface area contributed by atoms with Gasteiger partial charge < -0.3 is 19.1 Å². The van der Waals surface area contributed by atoms with Gasteiger partial charge in [0.05, 0.1) is 23.5 Å². The van der Waals surface area contributed by atoms with Gasteiger partial charge in [-0.3, -0.25) is 9.69 Å². The maximum Gasteiger partial charge on any atom is 0.416 e. The van der Waals surface area contributed by atoms with E-state index in [1.165, 1.54) is 12.1 Å². The fourth-order valence-corrected chi connectivity index (χ4v) is 3.77. The van der Waals surface area contributed by atoms with Gasteiger partial charge in [0, 0.05) is 26.2 Å². The number of carbonyl (C=O) groups excluding carboxylic acids is 1. The van der Waals surface area contributed by atoms with Crippen LogP contribution in [0.2, 0.25) is 0 Å². The predicted octanol–water partition coefficient (Wildman–Crippen LogP) is 5.08. The van der Waals surface area contributed by atoms with E-state index in [0.717, 1.165) is 23.7 Å². The summed E-state index contributed by atoms with van der Waals surface area (Å²) in [6.07, 6.45) is -4.51. The molecule has 0 aliphatic carbocycles. The van der Waals surface area contributed by atoms with Crippen molar-refractivity contribution in [1.82, 2.24) is 4.90 Å². The minimum Gasteiger partial charge on any atom is -0.465 e. The summed E-state index contributed by atoms with van der Waals surface area (Å²) in [6, 6.07) is 10.4. The van der Waals surface area contributed by atoms with Crippen LogP contribution in [0.5, 0.6) is 0 Å². The van der Waals surface area contributed by atoms with Crippen molar-refractivity contribution in [2.75, 3.05) is 36.4 Å². The number of rotatable bonds is 5. The van der Waals surface area contributed by atoms with E-state index in [9.17, 15) is 18.0 Å². The van der Waals surface area contributed by atoms with E-state index in [1.54, 1.807) is 13.0 Å². The second-order valence-electron chi connectivity index (χ2n) is 7.87. The lowest BCUT2D eigenvalue weighted by Gasteiger charge is -2.36. The minimum absolute atomic E-state index is 0.0458. The number of amides is 1. The standard InChI is InChI=1S/C23H24F3N3O3/c1-15-3-6-18(31-15)14-28-9-11-29(12-10-28)20-7-5-17(23(24,25)26)13-19(20)27-22(30)21-8-4-16(2)32-21/h3-8,13H,9-12,14H2,1-2H3,(H,27,30). The summed E-state index contributed by atoms with van der Waals surface area (Å²) in [5.41, 5.74) is -0.170. The zero-order valence-corrected chi connectivity index (χ0v) is 17.8. The van der Waals surface area contributed by atoms with Crippen LogP contribution in [-0.4, -0.2) is 37.0 Å². The van der Waals surface area contributed by atoms with Crippen LogP contribution in [-0.2, 0) is 12.7 Å². The lowest BCUT2D eigenvalue weighted by atomic mass is 10.1. The van der Waals surface area contributed by atoms with E-state index in [-0.39, 0.29) is 11.4 Å². The highest BCUT2D eigenvalue weighted by molar-refractivity contribution is 6.04. The summed E-state index contributed by atoms with van der Waals surface area (Å²) >= 11 is 0. The zero-order chi connectivity index (χ0) is 22.9. The van der Waals surface area contributed by atoms with Crippen molar-refractivity contribution in [2.24, 2.45) is 0 Å². The molecule has 32 heavy (non-hydrogen) atoms. The molecule has 0 radical (unpaired) electrons. The quantitative estimate of drug-likeness (QED) is 0.591. The highest BCUT2D eigenvalue weighted by atomic mass is 19.4. The van der Waals surface area contributed by atoms with E-state index in [0.29, 0.717) is 44.2 Å². The molecule has 0 unspecified atom stereocenters. The summed E-state index contributed by atoms with van der Waals surface area (Å²) in [6.45, 7) is 6.90. The van der Waals surface area contributed by atoms with Gasteiger partial charge >= 0.3 is 6.18 Å². The number of benzene rings is 1. The van der Waals surface area contributed by atoms with Gasteiger partial charge in [0.1, 0.15) is 17.3 Å². The molecule has 1 amide bonds. The summed E-state index contributed by atoms with van der Waals surface area (Å²) < 4.78 is 50.9. The second kappa shape index (κ2) is 8.74. The third kappa shape index (κ3) is 4.99. The molecule has 1 aliphatic rings. The molecule has 1 fully saturated rings. The number of nitrogens with one attached hydrogen (secondary N) is 1. The highest BCUT2D eigenvalue weighted by Gasteiger charge is 2.32. The van der Waals surface area contributed by atoms with Crippen LogP contribution in [0.15, 0.2) is 51.3 Å². The van der Waals surface area contributed by atoms with Crippen molar-refractivity contribution < 1.29 is 26.8 Å². The van der Waals surface area contributed by atoms with Crippen LogP contribution in [0.25, 0.3) is 0 Å². The molecule has 1 aliphatic heterocycles. The lowest BCUT2D eigenvalue weighted by molar-refractivity contribution is -0.137. The number of alkyl halides is 3. The Morgan fingerprint density at radius 1 is 0.969 bits per heavy atom. The molecule has 0 bridgehead atoms. The molecule has 1 N–H and O–H groups in total. The van der Waals surface area contributed by atoms with Crippen LogP contribution in [0.1, 0.15) is 33.4 Å². The first-order chi connectivity index (χ1) is 15.2. The number of carbonyl (C=O) groups is 1. The van der Waals surface area contributed by atoms with Crippen LogP contribution in [0.4, 0.5) is 24.5 Å². The molecule has 3 aromatic rings. The Kier molecular flexibility index (Phi) is 6.01. The van der Waals surface area contributed by atoms with E-state index in [2.05, 4.69) is 10.2 Å². The Bertz CT molecular complexity index is 1100. The topological polar surface area (TPSA) is 61.9 Å². The fourth-order valence-electron chi connectivity index (χ4n) is 3.77. The van der Waals surface area contributed by atoms with Gasteiger partial charge in [0.25, 0.3) is 5.91 Å². The number of piperazine rings is 1. The smallest absolute Gasteiger partial charge is 0.416 e. The van der Waals surface area contributed by atoms with Crippen molar-refractivity contribution in [2.45, 2.75) is 26.6 Å². The normalized spacial score (nSPS) is 15.2. The average molecular weight is 447 g/mol. The first-order valence-corrected chi connectivity index (χ1v) is 10.3. The van der Waals surface area contributed by atoms with Crippen molar-refractivity contribution in [1.29, 1.82) is 0 Å². The van der Waals surface area contributed by atoms with Gasteiger partial charge in [0.15, 0.2) is 5.76 Å². The molecule has 3 heterocycles. The Labute approximate surface area is 183 Å². The SMILES string of the molecule is Cc1ccc(CN2CCN(c3ccc(C(F)(F)F)cc3NC(=O)c3ccc(C)o3)CC2)o1. The number of nitrogens with zero attached hydrogens (tertiary/aromatic N) is 2. The van der Waals surface area contributed by atoms with E-state index in [4.69, 9.17) is 8.83 Å². The monoisotopic (exact) mass is 447 g/mol. The summed E-state index contributed by atoms with van der Waals surface area (Å²) in [7, 11) is 0. The van der Waals surface area contributed by atoms with E-state index < -0.39 is 17.6 Å². The molecule has 4 rings (SSSR count). The van der Waals surface area contributed by atoms with Crippen molar-refractivity contribution in [3.8, 4) is 0 Å². The number of anilines is 2. The van der Waals surface area contributed by atoms with Gasteiger partial charge in [-0.05, 0) is 56.3 Å². The summed E-state index contributed by atoms with van der Waals surface area (Å²) in [5.74, 6) is 1.74. The molecule has 0 atom stereocenters. The predicted molar refractivity (Wildman–Crippen MR) is 114 cm³/mol. The molecular formula is C23H24F3N3O3. The maximum atomic E-state index is 13.3. The van der Waals surface area contributed by atoms with Crippen LogP contribution >= 0.6 is 0 Å². The molecular weight excluding hydrogens is 423 g/mol. The first kappa shape index (κ1) is 22.0. The Morgan fingerprint density at radius 3 is 2.25 bits per heavy atom. The maximum absolute atomic E-state index is 13.3. The largest absolute Gasteiger partial charge is 0.465 e. The number of aryl methyl sites for hydroxylation is 2. The molecule has 0 spiro atoms. The Morgan fingerprint density at radius 2 is 1.66 bits per heavy atom. The van der Waals surface area contributed by atoms with Gasteiger partial charge in [0.2, 0.25) is 0 Å². The third-order valence-electron chi connectivity index (χ3n) is 5.42. The summed E-state index contributed by atoms with van der Waals surface area (Å²) in [5, 5.41) is 2.60. The van der Waals surface area contributed by atoms with Crippen LogP contribution in [0.3, 0.4) is 0 Å². The Hall–Kier alpha value is -3.20. The molecule has 0 saturated carbocycles. The zero-order valence-electron chi connectivity index (χ0n) is 17.8. The molecule has 170 valence electrons. The third-order valence-corrected chi connectivity index (χ3v) is 5.42. The van der Waals surface area contributed by atoms with Gasteiger partial charge in [-0.1, -0.05) is 0 Å². The lowest BCUT2D eigenvalue weighted by Crippen LogP contribution is -2.46. The number of halogens is 3. The molecule has 1 aromatic carbocycles. The Balaban J connectivity index is 1.51. The van der Waals surface area contributed by atoms with Crippen LogP contribution < -0.4 is 10.2 Å². The van der Waals surface area contributed by atoms with Gasteiger partial charge in [-0.25, -0.2) is 0 Å². The molecule has 2 aromatic heterocycles. The number of hydrogen-bond donors (Lipinski definition) is 1. The van der Waals surface area contributed by atoms with Crippen molar-refractivity contribution in [3.05, 3.63) is 71.1 Å². The minimum atomic E-state index is -4.51. The van der Waals surface area contributed by atoms with Crippen molar-refractivity contribution in [3.63, 3.8) is 0 Å². The summed E-state index contributed by atoms with van der Waals surface area (Å²) in [4.78, 5) is 16.8. The average Bonchev–Trinajstić information content (AvgIpc) is 3.36. The second-order valence-corrected chi connectivity index (χ2v) is 7.87. The van der Waals surface area contributed by atoms with Gasteiger partial charge in [-0.2, -0.15) is 13.2 Å². The fraction of sp³-hybridized carbons (Fsp3) is 0.348. The van der Waals surface area contributed by atoms with Crippen molar-refractivity contribution >= 4 is 17.3 Å². The van der Waals surface area contributed by atoms with Crippen LogP contribution in [0, 0.1) is 13.8 Å². The first-order valence-electron chi connectivity index (χ1n) is 10.3. The molecule has 1 saturated heterocycles. The molecule has 6 nitrogen and oxygen atoms in total. The highest BCUT2D eigenvalue weighted by Crippen LogP contribution is 2.36.